The fraction of sp³-hybridized carbons (Fsp3) is 0.347. The third-order valence-electron chi connectivity index (χ3n) is 9.78. The summed E-state index contributed by atoms with van der Waals surface area (Å²) in [6.07, 6.45) is -0.922. The third kappa shape index (κ3) is 14.8. The van der Waals surface area contributed by atoms with Gasteiger partial charge in [-0.2, -0.15) is 0 Å². The number of hydrogen-bond donors (Lipinski definition) is 0. The van der Waals surface area contributed by atoms with E-state index < -0.39 is 12.2 Å². The maximum atomic E-state index is 13.5. The van der Waals surface area contributed by atoms with Crippen LogP contribution in [0.15, 0.2) is 115 Å². The number of carbonyl (C=O) groups is 2. The molecule has 0 fully saturated rings. The van der Waals surface area contributed by atoms with Crippen molar-refractivity contribution in [2.75, 3.05) is 92.7 Å². The van der Waals surface area contributed by atoms with Gasteiger partial charge in [0.15, 0.2) is 0 Å². The summed E-state index contributed by atoms with van der Waals surface area (Å²) < 4.78 is 34.6. The van der Waals surface area contributed by atoms with Crippen LogP contribution in [-0.4, -0.2) is 110 Å². The van der Waals surface area contributed by atoms with Crippen molar-refractivity contribution >= 4 is 23.6 Å². The van der Waals surface area contributed by atoms with Crippen LogP contribution in [0.4, 0.5) is 21.0 Å². The van der Waals surface area contributed by atoms with Crippen molar-refractivity contribution < 1.29 is 38.0 Å². The molecule has 0 aromatic heterocycles. The molecule has 5 aromatic rings. The van der Waals surface area contributed by atoms with Crippen molar-refractivity contribution in [2.45, 2.75) is 32.7 Å². The van der Waals surface area contributed by atoms with Crippen molar-refractivity contribution in [3.8, 4) is 23.0 Å². The smallest absolute Gasteiger partial charge is 0.410 e. The van der Waals surface area contributed by atoms with Crippen LogP contribution in [-0.2, 0) is 42.2 Å². The van der Waals surface area contributed by atoms with Crippen LogP contribution in [0.5, 0.6) is 23.0 Å². The van der Waals surface area contributed by atoms with E-state index in [4.69, 9.17) is 28.4 Å². The summed E-state index contributed by atoms with van der Waals surface area (Å²) in [6.45, 7) is 2.34. The molecule has 330 valence electrons. The molecule has 0 spiro atoms. The van der Waals surface area contributed by atoms with Crippen LogP contribution in [0.25, 0.3) is 0 Å². The normalized spacial score (nSPS) is 10.8. The number of methoxy groups -OCH3 is 2. The van der Waals surface area contributed by atoms with Gasteiger partial charge >= 0.3 is 12.2 Å². The molecule has 13 heteroatoms. The van der Waals surface area contributed by atoms with Gasteiger partial charge in [-0.1, -0.05) is 48.5 Å². The summed E-state index contributed by atoms with van der Waals surface area (Å²) in [5.41, 5.74) is 6.89. The number of amides is 2. The molecule has 0 aliphatic carbocycles. The second kappa shape index (κ2) is 23.4. The number of carbonyl (C=O) groups excluding carboxylic acids is 2. The number of benzene rings is 5. The molecule has 13 nitrogen and oxygen atoms in total. The lowest BCUT2D eigenvalue weighted by molar-refractivity contribution is 0.0828. The standard InChI is InChI=1S/C49H61N5O8/c1-50(2)32-41-29-46(59-23-25-61-48(55)53(35-39-11-9-13-44(27-39)57-7)33-37-15-19-42(20-16-37)51(3)4)31-47(30-41)60-24-26-62-49(56)54(36-40-12-10-14-45(28-40)58-8)34-38-17-21-43(22-18-38)52(5)6/h9-22,27-31H,23-26,32-36H2,1-8H3. The molecule has 62 heavy (non-hydrogen) atoms. The number of nitrogens with zero attached hydrogens (tertiary/aromatic N) is 5. The lowest BCUT2D eigenvalue weighted by Crippen LogP contribution is -2.31. The highest BCUT2D eigenvalue weighted by Crippen LogP contribution is 2.25. The van der Waals surface area contributed by atoms with Gasteiger partial charge in [0, 0.05) is 78.4 Å². The minimum Gasteiger partial charge on any atom is -0.497 e. The Morgan fingerprint density at radius 1 is 0.419 bits per heavy atom. The highest BCUT2D eigenvalue weighted by Gasteiger charge is 2.19. The zero-order valence-electron chi connectivity index (χ0n) is 37.3. The first-order chi connectivity index (χ1) is 29.9. The molecular weight excluding hydrogens is 787 g/mol. The zero-order valence-corrected chi connectivity index (χ0v) is 37.3. The van der Waals surface area contributed by atoms with E-state index in [9.17, 15) is 9.59 Å². The van der Waals surface area contributed by atoms with E-state index in [0.717, 1.165) is 39.2 Å². The SMILES string of the molecule is COc1cccc(CN(Cc2ccc(N(C)C)cc2)C(=O)OCCOc2cc(CN(C)C)cc(OCCOC(=O)N(Cc3ccc(N(C)C)cc3)Cc3cccc(OC)c3)c2)c1. The topological polar surface area (TPSA) is 106 Å². The predicted molar refractivity (Wildman–Crippen MR) is 244 cm³/mol. The van der Waals surface area contributed by atoms with Crippen molar-refractivity contribution in [1.82, 2.24) is 14.7 Å². The van der Waals surface area contributed by atoms with Crippen molar-refractivity contribution in [1.29, 1.82) is 0 Å². The molecule has 0 radical (unpaired) electrons. The molecule has 0 atom stereocenters. The Morgan fingerprint density at radius 2 is 0.806 bits per heavy atom. The van der Waals surface area contributed by atoms with Gasteiger partial charge in [-0.25, -0.2) is 9.59 Å². The first kappa shape index (κ1) is 46.5. The number of rotatable bonds is 22. The highest BCUT2D eigenvalue weighted by molar-refractivity contribution is 5.68. The Hall–Kier alpha value is -6.60. The van der Waals surface area contributed by atoms with Crippen molar-refractivity contribution in [2.24, 2.45) is 0 Å². The lowest BCUT2D eigenvalue weighted by Gasteiger charge is -2.23. The maximum Gasteiger partial charge on any atom is 0.410 e. The third-order valence-corrected chi connectivity index (χ3v) is 9.78. The quantitative estimate of drug-likeness (QED) is 0.0628. The van der Waals surface area contributed by atoms with Gasteiger partial charge in [-0.15, -0.1) is 0 Å². The molecule has 2 amide bonds. The zero-order chi connectivity index (χ0) is 44.4. The molecule has 0 N–H and O–H groups in total. The Morgan fingerprint density at radius 3 is 1.18 bits per heavy atom. The Kier molecular flexibility index (Phi) is 17.5. The first-order valence-electron chi connectivity index (χ1n) is 20.5. The summed E-state index contributed by atoms with van der Waals surface area (Å²) in [7, 11) is 15.2. The van der Waals surface area contributed by atoms with Gasteiger partial charge in [-0.05, 0) is 103 Å². The second-order valence-corrected chi connectivity index (χ2v) is 15.5. The fourth-order valence-corrected chi connectivity index (χ4v) is 6.61. The van der Waals surface area contributed by atoms with Crippen LogP contribution in [0.3, 0.4) is 0 Å². The van der Waals surface area contributed by atoms with E-state index in [-0.39, 0.29) is 26.4 Å². The van der Waals surface area contributed by atoms with Crippen LogP contribution >= 0.6 is 0 Å². The minimum atomic E-state index is -0.461. The van der Waals surface area contributed by atoms with Gasteiger partial charge < -0.3 is 43.1 Å². The van der Waals surface area contributed by atoms with E-state index in [1.54, 1.807) is 30.1 Å². The van der Waals surface area contributed by atoms with Crippen LogP contribution in [0.1, 0.15) is 27.8 Å². The summed E-state index contributed by atoms with van der Waals surface area (Å²) in [4.78, 5) is 36.5. The molecule has 0 aliphatic rings. The molecule has 5 aromatic carbocycles. The van der Waals surface area contributed by atoms with E-state index in [1.807, 2.05) is 166 Å². The van der Waals surface area contributed by atoms with E-state index in [1.165, 1.54) is 0 Å². The summed E-state index contributed by atoms with van der Waals surface area (Å²) in [5.74, 6) is 2.55. The minimum absolute atomic E-state index is 0.0309. The van der Waals surface area contributed by atoms with Gasteiger partial charge in [0.25, 0.3) is 0 Å². The van der Waals surface area contributed by atoms with Crippen LogP contribution in [0.2, 0.25) is 0 Å². The average molecular weight is 848 g/mol. The molecule has 0 saturated heterocycles. The van der Waals surface area contributed by atoms with Crippen molar-refractivity contribution in [3.05, 3.63) is 143 Å². The first-order valence-corrected chi connectivity index (χ1v) is 20.5. The van der Waals surface area contributed by atoms with E-state index in [2.05, 4.69) is 0 Å². The monoisotopic (exact) mass is 847 g/mol. The molecule has 0 aliphatic heterocycles. The Balaban J connectivity index is 1.18. The Bertz CT molecular complexity index is 2020. The maximum absolute atomic E-state index is 13.5. The van der Waals surface area contributed by atoms with Crippen LogP contribution in [0, 0.1) is 0 Å². The molecule has 0 saturated carbocycles. The number of anilines is 2. The average Bonchev–Trinajstić information content (AvgIpc) is 3.26. The predicted octanol–water partition coefficient (Wildman–Crippen LogP) is 8.33. The van der Waals surface area contributed by atoms with Crippen molar-refractivity contribution in [3.63, 3.8) is 0 Å². The van der Waals surface area contributed by atoms with Crippen LogP contribution < -0.4 is 28.7 Å². The fourth-order valence-electron chi connectivity index (χ4n) is 6.61. The summed E-state index contributed by atoms with van der Waals surface area (Å²) in [6, 6.07) is 37.1. The van der Waals surface area contributed by atoms with E-state index in [0.29, 0.717) is 55.7 Å². The summed E-state index contributed by atoms with van der Waals surface area (Å²) >= 11 is 0. The number of hydrogen-bond acceptors (Lipinski definition) is 11. The molecule has 0 heterocycles. The largest absolute Gasteiger partial charge is 0.497 e. The molecular formula is C49H61N5O8. The molecule has 0 unspecified atom stereocenters. The Labute approximate surface area is 366 Å². The van der Waals surface area contributed by atoms with Gasteiger partial charge in [0.05, 0.1) is 14.2 Å². The van der Waals surface area contributed by atoms with E-state index >= 15 is 0 Å². The van der Waals surface area contributed by atoms with Gasteiger partial charge in [0.2, 0.25) is 0 Å². The second-order valence-electron chi connectivity index (χ2n) is 15.5. The number of ether oxygens (including phenoxy) is 6. The molecule has 0 bridgehead atoms. The molecule has 5 rings (SSSR count). The lowest BCUT2D eigenvalue weighted by atomic mass is 10.1. The van der Waals surface area contributed by atoms with Gasteiger partial charge in [0.1, 0.15) is 49.4 Å². The van der Waals surface area contributed by atoms with Gasteiger partial charge in [-0.3, -0.25) is 9.80 Å². The highest BCUT2D eigenvalue weighted by atomic mass is 16.6. The summed E-state index contributed by atoms with van der Waals surface area (Å²) in [5, 5.41) is 0.